The minimum Gasteiger partial charge on any atom is -0.393 e. The Balaban J connectivity index is 2.01. The van der Waals surface area contributed by atoms with E-state index in [1.54, 1.807) is 12.3 Å². The van der Waals surface area contributed by atoms with E-state index >= 15 is 0 Å². The molecule has 2 atom stereocenters. The first-order chi connectivity index (χ1) is 9.65. The van der Waals surface area contributed by atoms with Gasteiger partial charge in [-0.15, -0.1) is 0 Å². The van der Waals surface area contributed by atoms with Crippen LogP contribution in [0.5, 0.6) is 0 Å². The fraction of sp³-hybridized carbons (Fsp3) is 0.733. The zero-order chi connectivity index (χ0) is 14.5. The predicted molar refractivity (Wildman–Crippen MR) is 80.0 cm³/mol. The minimum absolute atomic E-state index is 0.0538. The summed E-state index contributed by atoms with van der Waals surface area (Å²) >= 11 is 0. The Bertz CT molecular complexity index is 482. The average molecular weight is 279 g/mol. The second-order valence-corrected chi connectivity index (χ2v) is 5.49. The Morgan fingerprint density at radius 1 is 1.40 bits per heavy atom. The van der Waals surface area contributed by atoms with Crippen LogP contribution in [0.4, 0.5) is 5.69 Å². The van der Waals surface area contributed by atoms with E-state index in [1.165, 1.54) is 4.68 Å². The van der Waals surface area contributed by atoms with Gasteiger partial charge in [-0.3, -0.25) is 4.79 Å². The molecule has 0 aliphatic heterocycles. The lowest BCUT2D eigenvalue weighted by Gasteiger charge is -2.20. The van der Waals surface area contributed by atoms with Crippen molar-refractivity contribution in [1.29, 1.82) is 0 Å². The molecule has 2 unspecified atom stereocenters. The summed E-state index contributed by atoms with van der Waals surface area (Å²) in [6, 6.07) is 1.66. The van der Waals surface area contributed by atoms with Gasteiger partial charge >= 0.3 is 0 Å². The van der Waals surface area contributed by atoms with Crippen molar-refractivity contribution in [2.75, 3.05) is 18.0 Å². The monoisotopic (exact) mass is 279 g/mol. The van der Waals surface area contributed by atoms with Crippen molar-refractivity contribution < 1.29 is 5.11 Å². The lowest BCUT2D eigenvalue weighted by Crippen LogP contribution is -2.28. The summed E-state index contributed by atoms with van der Waals surface area (Å²) in [5.74, 6) is 0.325. The molecule has 5 heteroatoms. The molecule has 0 amide bonds. The van der Waals surface area contributed by atoms with Crippen molar-refractivity contribution >= 4 is 5.69 Å². The molecule has 20 heavy (non-hydrogen) atoms. The third-order valence-electron chi connectivity index (χ3n) is 4.31. The van der Waals surface area contributed by atoms with Crippen molar-refractivity contribution in [2.24, 2.45) is 5.92 Å². The molecule has 1 saturated carbocycles. The lowest BCUT2D eigenvalue weighted by molar-refractivity contribution is 0.124. The van der Waals surface area contributed by atoms with E-state index in [-0.39, 0.29) is 11.7 Å². The summed E-state index contributed by atoms with van der Waals surface area (Å²) in [4.78, 5) is 14.2. The summed E-state index contributed by atoms with van der Waals surface area (Å²) in [7, 11) is 0. The number of aliphatic hydroxyl groups excluding tert-OH is 1. The Kier molecular flexibility index (Phi) is 5.17. The van der Waals surface area contributed by atoms with E-state index < -0.39 is 0 Å². The fourth-order valence-electron chi connectivity index (χ4n) is 3.00. The van der Waals surface area contributed by atoms with Gasteiger partial charge in [0.25, 0.3) is 5.56 Å². The van der Waals surface area contributed by atoms with Crippen LogP contribution in [0.1, 0.15) is 39.5 Å². The molecular weight excluding hydrogens is 254 g/mol. The molecule has 5 nitrogen and oxygen atoms in total. The largest absolute Gasteiger partial charge is 0.393 e. The number of aryl methyl sites for hydroxylation is 1. The van der Waals surface area contributed by atoms with Crippen LogP contribution < -0.4 is 10.5 Å². The van der Waals surface area contributed by atoms with Gasteiger partial charge in [-0.2, -0.15) is 5.10 Å². The van der Waals surface area contributed by atoms with E-state index in [0.29, 0.717) is 12.5 Å². The molecule has 112 valence electrons. The third kappa shape index (κ3) is 3.39. The highest BCUT2D eigenvalue weighted by molar-refractivity contribution is 5.42. The lowest BCUT2D eigenvalue weighted by atomic mass is 10.0. The molecule has 1 fully saturated rings. The molecule has 1 heterocycles. The second kappa shape index (κ2) is 6.88. The zero-order valence-corrected chi connectivity index (χ0v) is 12.5. The number of aliphatic hydroxyl groups is 1. The van der Waals surface area contributed by atoms with Crippen LogP contribution in [0.15, 0.2) is 17.1 Å². The van der Waals surface area contributed by atoms with E-state index in [1.807, 2.05) is 0 Å². The molecule has 1 aromatic heterocycles. The Morgan fingerprint density at radius 3 is 2.70 bits per heavy atom. The smallest absolute Gasteiger partial charge is 0.268 e. The number of aromatic nitrogens is 2. The topological polar surface area (TPSA) is 58.4 Å². The first kappa shape index (κ1) is 15.0. The maximum Gasteiger partial charge on any atom is 0.268 e. The van der Waals surface area contributed by atoms with E-state index in [0.717, 1.165) is 44.5 Å². The highest BCUT2D eigenvalue weighted by Gasteiger charge is 2.24. The molecule has 0 aromatic carbocycles. The molecule has 1 aliphatic rings. The maximum atomic E-state index is 12.1. The van der Waals surface area contributed by atoms with Gasteiger partial charge < -0.3 is 10.0 Å². The van der Waals surface area contributed by atoms with Gasteiger partial charge in [0.2, 0.25) is 0 Å². The quantitative estimate of drug-likeness (QED) is 0.860. The van der Waals surface area contributed by atoms with E-state index in [9.17, 15) is 9.90 Å². The molecule has 0 bridgehead atoms. The fourth-order valence-corrected chi connectivity index (χ4v) is 3.00. The van der Waals surface area contributed by atoms with Gasteiger partial charge in [-0.05, 0) is 39.0 Å². The summed E-state index contributed by atoms with van der Waals surface area (Å²) in [6.45, 7) is 6.47. The SMILES string of the molecule is CCN(CC)c1cnn(CCC2CCCC2O)c(=O)c1. The normalized spacial score (nSPS) is 22.1. The van der Waals surface area contributed by atoms with E-state index in [2.05, 4.69) is 23.8 Å². The number of anilines is 1. The highest BCUT2D eigenvalue weighted by atomic mass is 16.3. The van der Waals surface area contributed by atoms with Crippen LogP contribution in [-0.2, 0) is 6.54 Å². The summed E-state index contributed by atoms with van der Waals surface area (Å²) in [6.07, 6.45) is 5.45. The average Bonchev–Trinajstić information content (AvgIpc) is 2.85. The predicted octanol–water partition coefficient (Wildman–Crippen LogP) is 1.64. The minimum atomic E-state index is -0.194. The van der Waals surface area contributed by atoms with Crippen LogP contribution in [0.25, 0.3) is 0 Å². The van der Waals surface area contributed by atoms with E-state index in [4.69, 9.17) is 0 Å². The van der Waals surface area contributed by atoms with Gasteiger partial charge in [-0.1, -0.05) is 6.42 Å². The van der Waals surface area contributed by atoms with Gasteiger partial charge in [0.15, 0.2) is 0 Å². The molecule has 1 aliphatic carbocycles. The molecule has 0 radical (unpaired) electrons. The Labute approximate surface area is 120 Å². The number of rotatable bonds is 6. The summed E-state index contributed by atoms with van der Waals surface area (Å²) in [5.41, 5.74) is 0.832. The van der Waals surface area contributed by atoms with Crippen LogP contribution >= 0.6 is 0 Å². The van der Waals surface area contributed by atoms with Gasteiger partial charge in [0.05, 0.1) is 18.0 Å². The van der Waals surface area contributed by atoms with Crippen molar-refractivity contribution in [3.8, 4) is 0 Å². The molecule has 1 aromatic rings. The molecular formula is C15H25N3O2. The standard InChI is InChI=1S/C15H25N3O2/c1-3-17(4-2)13-10-15(20)18(16-11-13)9-8-12-6-5-7-14(12)19/h10-12,14,19H,3-9H2,1-2H3. The van der Waals surface area contributed by atoms with Crippen LogP contribution in [0.2, 0.25) is 0 Å². The number of hydrogen-bond acceptors (Lipinski definition) is 4. The highest BCUT2D eigenvalue weighted by Crippen LogP contribution is 2.28. The van der Waals surface area contributed by atoms with Crippen LogP contribution in [0, 0.1) is 5.92 Å². The second-order valence-electron chi connectivity index (χ2n) is 5.49. The third-order valence-corrected chi connectivity index (χ3v) is 4.31. The van der Waals surface area contributed by atoms with Gasteiger partial charge in [0.1, 0.15) is 0 Å². The van der Waals surface area contributed by atoms with Crippen molar-refractivity contribution in [1.82, 2.24) is 9.78 Å². The van der Waals surface area contributed by atoms with Crippen molar-refractivity contribution in [2.45, 2.75) is 52.2 Å². The molecule has 0 saturated heterocycles. The van der Waals surface area contributed by atoms with Crippen molar-refractivity contribution in [3.05, 3.63) is 22.6 Å². The van der Waals surface area contributed by atoms with Crippen molar-refractivity contribution in [3.63, 3.8) is 0 Å². The number of nitrogens with zero attached hydrogens (tertiary/aromatic N) is 3. The van der Waals surface area contributed by atoms with Gasteiger partial charge in [0, 0.05) is 25.7 Å². The molecule has 2 rings (SSSR count). The number of hydrogen-bond donors (Lipinski definition) is 1. The van der Waals surface area contributed by atoms with Crippen LogP contribution in [-0.4, -0.2) is 34.1 Å². The Morgan fingerprint density at radius 2 is 2.15 bits per heavy atom. The summed E-state index contributed by atoms with van der Waals surface area (Å²) in [5, 5.41) is 14.1. The van der Waals surface area contributed by atoms with Crippen LogP contribution in [0.3, 0.4) is 0 Å². The first-order valence-electron chi connectivity index (χ1n) is 7.65. The summed E-state index contributed by atoms with van der Waals surface area (Å²) < 4.78 is 1.51. The molecule has 0 spiro atoms. The Hall–Kier alpha value is -1.36. The van der Waals surface area contributed by atoms with Gasteiger partial charge in [-0.25, -0.2) is 4.68 Å². The zero-order valence-electron chi connectivity index (χ0n) is 12.5. The maximum absolute atomic E-state index is 12.1. The first-order valence-corrected chi connectivity index (χ1v) is 7.65. The molecule has 1 N–H and O–H groups in total.